The van der Waals surface area contributed by atoms with Crippen molar-refractivity contribution in [2.75, 3.05) is 26.2 Å². The first-order valence-corrected chi connectivity index (χ1v) is 11.5. The summed E-state index contributed by atoms with van der Waals surface area (Å²) >= 11 is 0. The van der Waals surface area contributed by atoms with E-state index in [2.05, 4.69) is 0 Å². The molecule has 6 heteroatoms. The number of amides is 1. The summed E-state index contributed by atoms with van der Waals surface area (Å²) in [5.74, 6) is 0.720. The molecule has 0 unspecified atom stereocenters. The molecule has 1 aromatic rings. The van der Waals surface area contributed by atoms with Gasteiger partial charge in [0.2, 0.25) is 15.9 Å². The average Bonchev–Trinajstić information content (AvgIpc) is 3.13. The van der Waals surface area contributed by atoms with Gasteiger partial charge in [0.15, 0.2) is 0 Å². The fourth-order valence-electron chi connectivity index (χ4n) is 4.47. The minimum absolute atomic E-state index is 0.192. The molecule has 27 heavy (non-hydrogen) atoms. The quantitative estimate of drug-likeness (QED) is 0.790. The number of hydrogen-bond acceptors (Lipinski definition) is 3. The van der Waals surface area contributed by atoms with Crippen molar-refractivity contribution >= 4 is 15.9 Å². The van der Waals surface area contributed by atoms with Gasteiger partial charge in [-0.05, 0) is 68.7 Å². The molecule has 1 amide bonds. The number of hydrogen-bond donors (Lipinski definition) is 0. The number of sulfonamides is 1. The molecular weight excluding hydrogens is 360 g/mol. The number of nitrogens with zero attached hydrogens (tertiary/aromatic N) is 2. The second kappa shape index (κ2) is 7.92. The number of piperazine rings is 1. The van der Waals surface area contributed by atoms with Gasteiger partial charge < -0.3 is 4.90 Å². The van der Waals surface area contributed by atoms with Crippen LogP contribution in [0.25, 0.3) is 0 Å². The smallest absolute Gasteiger partial charge is 0.243 e. The van der Waals surface area contributed by atoms with Crippen molar-refractivity contribution in [3.05, 3.63) is 28.3 Å². The lowest BCUT2D eigenvalue weighted by Crippen LogP contribution is -2.50. The first-order valence-electron chi connectivity index (χ1n) is 10.1. The predicted molar refractivity (Wildman–Crippen MR) is 107 cm³/mol. The standard InChI is InChI=1S/C21H32N2O3S/c1-15-13-16(2)18(4)21(17(15)3)27(25,26)23-11-9-22(10-12-23)20(24)14-19-7-5-6-8-19/h13,19H,5-12,14H2,1-4H3. The van der Waals surface area contributed by atoms with E-state index >= 15 is 0 Å². The molecule has 150 valence electrons. The van der Waals surface area contributed by atoms with Crippen molar-refractivity contribution in [3.63, 3.8) is 0 Å². The third-order valence-corrected chi connectivity index (χ3v) is 8.60. The van der Waals surface area contributed by atoms with Crippen LogP contribution in [-0.4, -0.2) is 49.7 Å². The molecule has 1 saturated heterocycles. The van der Waals surface area contributed by atoms with Crippen LogP contribution in [-0.2, 0) is 14.8 Å². The van der Waals surface area contributed by atoms with Crippen molar-refractivity contribution in [1.29, 1.82) is 0 Å². The highest BCUT2D eigenvalue weighted by Crippen LogP contribution is 2.30. The summed E-state index contributed by atoms with van der Waals surface area (Å²) in [5.41, 5.74) is 3.67. The van der Waals surface area contributed by atoms with Gasteiger partial charge in [0.05, 0.1) is 4.90 Å². The number of carbonyl (C=O) groups excluding carboxylic acids is 1. The maximum Gasteiger partial charge on any atom is 0.243 e. The fourth-order valence-corrected chi connectivity index (χ4v) is 6.46. The van der Waals surface area contributed by atoms with Crippen molar-refractivity contribution in [1.82, 2.24) is 9.21 Å². The molecule has 5 nitrogen and oxygen atoms in total. The molecule has 1 saturated carbocycles. The van der Waals surface area contributed by atoms with Crippen LogP contribution in [0.1, 0.15) is 54.4 Å². The van der Waals surface area contributed by atoms with E-state index in [4.69, 9.17) is 0 Å². The van der Waals surface area contributed by atoms with E-state index in [1.165, 1.54) is 12.8 Å². The molecule has 0 spiro atoms. The summed E-state index contributed by atoms with van der Waals surface area (Å²) in [4.78, 5) is 14.8. The molecular formula is C21H32N2O3S. The van der Waals surface area contributed by atoms with E-state index in [9.17, 15) is 13.2 Å². The third-order valence-electron chi connectivity index (χ3n) is 6.42. The zero-order valence-electron chi connectivity index (χ0n) is 17.0. The van der Waals surface area contributed by atoms with Crippen LogP contribution in [0.3, 0.4) is 0 Å². The Morgan fingerprint density at radius 2 is 1.48 bits per heavy atom. The Kier molecular flexibility index (Phi) is 5.96. The highest BCUT2D eigenvalue weighted by Gasteiger charge is 2.33. The Morgan fingerprint density at radius 3 is 2.00 bits per heavy atom. The van der Waals surface area contributed by atoms with E-state index < -0.39 is 10.0 Å². The second-order valence-electron chi connectivity index (χ2n) is 8.23. The maximum atomic E-state index is 13.3. The lowest BCUT2D eigenvalue weighted by molar-refractivity contribution is -0.133. The van der Waals surface area contributed by atoms with Crippen molar-refractivity contribution < 1.29 is 13.2 Å². The summed E-state index contributed by atoms with van der Waals surface area (Å²) in [6, 6.07) is 2.04. The first kappa shape index (κ1) is 20.3. The molecule has 1 aliphatic heterocycles. The fraction of sp³-hybridized carbons (Fsp3) is 0.667. The molecule has 0 radical (unpaired) electrons. The van der Waals surface area contributed by atoms with E-state index in [0.29, 0.717) is 43.4 Å². The van der Waals surface area contributed by atoms with Crippen LogP contribution in [0.15, 0.2) is 11.0 Å². The SMILES string of the molecule is Cc1cc(C)c(C)c(S(=O)(=O)N2CCN(C(=O)CC3CCCC3)CC2)c1C. The van der Waals surface area contributed by atoms with Gasteiger partial charge in [-0.15, -0.1) is 0 Å². The molecule has 1 aliphatic carbocycles. The Labute approximate surface area is 163 Å². The van der Waals surface area contributed by atoms with Gasteiger partial charge in [-0.25, -0.2) is 8.42 Å². The Hall–Kier alpha value is -1.40. The molecule has 1 aromatic carbocycles. The zero-order valence-corrected chi connectivity index (χ0v) is 17.9. The molecule has 2 fully saturated rings. The minimum atomic E-state index is -3.54. The molecule has 3 rings (SSSR count). The van der Waals surface area contributed by atoms with Gasteiger partial charge in [-0.2, -0.15) is 4.31 Å². The lowest BCUT2D eigenvalue weighted by atomic mass is 10.0. The van der Waals surface area contributed by atoms with Crippen molar-refractivity contribution in [2.45, 2.75) is 64.7 Å². The normalized spacial score (nSPS) is 19.6. The maximum absolute atomic E-state index is 13.3. The highest BCUT2D eigenvalue weighted by molar-refractivity contribution is 7.89. The second-order valence-corrected chi connectivity index (χ2v) is 10.1. The number of carbonyl (C=O) groups is 1. The summed E-state index contributed by atoms with van der Waals surface area (Å²) in [6.45, 7) is 9.43. The van der Waals surface area contributed by atoms with Crippen LogP contribution >= 0.6 is 0 Å². The average molecular weight is 393 g/mol. The highest BCUT2D eigenvalue weighted by atomic mass is 32.2. The Bertz CT molecular complexity index is 792. The summed E-state index contributed by atoms with van der Waals surface area (Å²) < 4.78 is 28.2. The molecule has 0 aromatic heterocycles. The number of benzene rings is 1. The number of aryl methyl sites for hydroxylation is 2. The van der Waals surface area contributed by atoms with E-state index in [1.807, 2.05) is 38.7 Å². The van der Waals surface area contributed by atoms with Crippen LogP contribution in [0.4, 0.5) is 0 Å². The molecule has 0 N–H and O–H groups in total. The Morgan fingerprint density at radius 1 is 0.963 bits per heavy atom. The van der Waals surface area contributed by atoms with E-state index in [1.54, 1.807) is 4.31 Å². The van der Waals surface area contributed by atoms with Crippen molar-refractivity contribution in [3.8, 4) is 0 Å². The van der Waals surface area contributed by atoms with Gasteiger partial charge in [0.25, 0.3) is 0 Å². The molecule has 0 bridgehead atoms. The third kappa shape index (κ3) is 4.06. The van der Waals surface area contributed by atoms with E-state index in [-0.39, 0.29) is 5.91 Å². The van der Waals surface area contributed by atoms with Crippen LogP contribution in [0.2, 0.25) is 0 Å². The predicted octanol–water partition coefficient (Wildman–Crippen LogP) is 3.33. The van der Waals surface area contributed by atoms with Gasteiger partial charge >= 0.3 is 0 Å². The zero-order chi connectivity index (χ0) is 19.8. The van der Waals surface area contributed by atoms with Gasteiger partial charge in [-0.3, -0.25) is 4.79 Å². The van der Waals surface area contributed by atoms with Gasteiger partial charge in [0, 0.05) is 32.6 Å². The van der Waals surface area contributed by atoms with Crippen LogP contribution in [0, 0.1) is 33.6 Å². The first-order chi connectivity index (χ1) is 12.7. The lowest BCUT2D eigenvalue weighted by Gasteiger charge is -2.35. The largest absolute Gasteiger partial charge is 0.340 e. The number of rotatable bonds is 4. The Balaban J connectivity index is 1.71. The van der Waals surface area contributed by atoms with Crippen LogP contribution in [0.5, 0.6) is 0 Å². The summed E-state index contributed by atoms with van der Waals surface area (Å²) in [5, 5.41) is 0. The van der Waals surface area contributed by atoms with E-state index in [0.717, 1.165) is 35.1 Å². The minimum Gasteiger partial charge on any atom is -0.340 e. The summed E-state index contributed by atoms with van der Waals surface area (Å²) in [7, 11) is -3.54. The monoisotopic (exact) mass is 392 g/mol. The van der Waals surface area contributed by atoms with Crippen LogP contribution < -0.4 is 0 Å². The topological polar surface area (TPSA) is 57.7 Å². The molecule has 1 heterocycles. The van der Waals surface area contributed by atoms with Gasteiger partial charge in [-0.1, -0.05) is 18.9 Å². The van der Waals surface area contributed by atoms with Gasteiger partial charge in [0.1, 0.15) is 0 Å². The summed E-state index contributed by atoms with van der Waals surface area (Å²) in [6.07, 6.45) is 5.41. The molecule has 0 atom stereocenters. The van der Waals surface area contributed by atoms with Crippen molar-refractivity contribution in [2.24, 2.45) is 5.92 Å². The molecule has 2 aliphatic rings.